The van der Waals surface area contributed by atoms with Gasteiger partial charge in [0.25, 0.3) is 0 Å². The summed E-state index contributed by atoms with van der Waals surface area (Å²) in [6.45, 7) is 4.18. The Labute approximate surface area is 132 Å². The molecule has 1 saturated heterocycles. The van der Waals surface area contributed by atoms with Gasteiger partial charge in [0.2, 0.25) is 0 Å². The van der Waals surface area contributed by atoms with E-state index in [1.54, 1.807) is 7.11 Å². The maximum Gasteiger partial charge on any atom is 0.0968 e. The van der Waals surface area contributed by atoms with Crippen LogP contribution in [0, 0.1) is 5.92 Å². The van der Waals surface area contributed by atoms with E-state index in [1.165, 1.54) is 24.0 Å². The molecule has 0 unspecified atom stereocenters. The van der Waals surface area contributed by atoms with Crippen LogP contribution in [0.15, 0.2) is 36.5 Å². The fourth-order valence-corrected chi connectivity index (χ4v) is 3.28. The van der Waals surface area contributed by atoms with E-state index in [4.69, 9.17) is 4.74 Å². The molecule has 0 spiro atoms. The van der Waals surface area contributed by atoms with Gasteiger partial charge in [-0.2, -0.15) is 5.10 Å². The Morgan fingerprint density at radius 1 is 1.18 bits per heavy atom. The second-order valence-electron chi connectivity index (χ2n) is 6.22. The lowest BCUT2D eigenvalue weighted by Gasteiger charge is -2.31. The molecular formula is C18H25N3O. The fraction of sp³-hybridized carbons (Fsp3) is 0.500. The zero-order valence-electron chi connectivity index (χ0n) is 13.5. The Kier molecular flexibility index (Phi) is 4.90. The van der Waals surface area contributed by atoms with Gasteiger partial charge in [-0.15, -0.1) is 0 Å². The molecule has 0 amide bonds. The monoisotopic (exact) mass is 299 g/mol. The molecule has 0 radical (unpaired) electrons. The lowest BCUT2D eigenvalue weighted by atomic mass is 9.97. The van der Waals surface area contributed by atoms with Crippen LogP contribution in [-0.2, 0) is 18.3 Å². The first-order chi connectivity index (χ1) is 10.8. The van der Waals surface area contributed by atoms with Crippen molar-refractivity contribution in [2.24, 2.45) is 13.0 Å². The number of aryl methyl sites for hydroxylation is 1. The van der Waals surface area contributed by atoms with Crippen LogP contribution >= 0.6 is 0 Å². The molecule has 1 aromatic heterocycles. The van der Waals surface area contributed by atoms with Crippen LogP contribution in [0.5, 0.6) is 0 Å². The van der Waals surface area contributed by atoms with Gasteiger partial charge in [-0.25, -0.2) is 0 Å². The molecule has 1 aliphatic rings. The molecule has 0 atom stereocenters. The van der Waals surface area contributed by atoms with Gasteiger partial charge in [-0.05, 0) is 31.8 Å². The third-order valence-electron chi connectivity index (χ3n) is 4.46. The van der Waals surface area contributed by atoms with Crippen molar-refractivity contribution in [2.75, 3.05) is 26.8 Å². The maximum absolute atomic E-state index is 5.28. The van der Waals surface area contributed by atoms with Gasteiger partial charge in [0.15, 0.2) is 0 Å². The lowest BCUT2D eigenvalue weighted by Crippen LogP contribution is -2.34. The van der Waals surface area contributed by atoms with Crippen molar-refractivity contribution in [1.82, 2.24) is 14.7 Å². The minimum atomic E-state index is 0.726. The zero-order valence-corrected chi connectivity index (χ0v) is 13.5. The quantitative estimate of drug-likeness (QED) is 0.850. The summed E-state index contributed by atoms with van der Waals surface area (Å²) in [6.07, 6.45) is 4.62. The van der Waals surface area contributed by atoms with Crippen molar-refractivity contribution in [2.45, 2.75) is 19.4 Å². The minimum Gasteiger partial charge on any atom is -0.384 e. The Bertz CT molecular complexity index is 586. The van der Waals surface area contributed by atoms with Gasteiger partial charge < -0.3 is 4.74 Å². The topological polar surface area (TPSA) is 30.3 Å². The van der Waals surface area contributed by atoms with E-state index >= 15 is 0 Å². The van der Waals surface area contributed by atoms with E-state index in [0.29, 0.717) is 0 Å². The highest BCUT2D eigenvalue weighted by atomic mass is 16.5. The van der Waals surface area contributed by atoms with Crippen molar-refractivity contribution in [1.29, 1.82) is 0 Å². The SMILES string of the molecule is COCC1CCN(Cc2cn(C)nc2-c2ccccc2)CC1. The van der Waals surface area contributed by atoms with Gasteiger partial charge in [-0.1, -0.05) is 30.3 Å². The number of aromatic nitrogens is 2. The third kappa shape index (κ3) is 3.57. The Morgan fingerprint density at radius 3 is 2.59 bits per heavy atom. The average molecular weight is 299 g/mol. The molecule has 4 nitrogen and oxygen atoms in total. The summed E-state index contributed by atoms with van der Waals surface area (Å²) in [5, 5.41) is 4.66. The second-order valence-corrected chi connectivity index (χ2v) is 6.22. The standard InChI is InChI=1S/C18H25N3O/c1-20-12-17(18(19-20)16-6-4-3-5-7-16)13-21-10-8-15(9-11-21)14-22-2/h3-7,12,15H,8-11,13-14H2,1-2H3. The van der Waals surface area contributed by atoms with Gasteiger partial charge in [0.1, 0.15) is 0 Å². The highest BCUT2D eigenvalue weighted by Gasteiger charge is 2.21. The van der Waals surface area contributed by atoms with E-state index in [1.807, 2.05) is 17.8 Å². The summed E-state index contributed by atoms with van der Waals surface area (Å²) in [5.41, 5.74) is 3.63. The number of hydrogen-bond acceptors (Lipinski definition) is 3. The largest absolute Gasteiger partial charge is 0.384 e. The molecule has 2 heterocycles. The van der Waals surface area contributed by atoms with Crippen LogP contribution < -0.4 is 0 Å². The second kappa shape index (κ2) is 7.07. The first-order valence-corrected chi connectivity index (χ1v) is 8.05. The number of hydrogen-bond donors (Lipinski definition) is 0. The van der Waals surface area contributed by atoms with Crippen LogP contribution in [0.4, 0.5) is 0 Å². The summed E-state index contributed by atoms with van der Waals surface area (Å²) in [4.78, 5) is 2.54. The average Bonchev–Trinajstić information content (AvgIpc) is 2.91. The molecule has 0 bridgehead atoms. The van der Waals surface area contributed by atoms with E-state index < -0.39 is 0 Å². The van der Waals surface area contributed by atoms with Crippen molar-refractivity contribution in [3.05, 3.63) is 42.1 Å². The van der Waals surface area contributed by atoms with Gasteiger partial charge >= 0.3 is 0 Å². The summed E-state index contributed by atoms with van der Waals surface area (Å²) in [5.74, 6) is 0.726. The zero-order chi connectivity index (χ0) is 15.4. The Hall–Kier alpha value is -1.65. The van der Waals surface area contributed by atoms with E-state index in [-0.39, 0.29) is 0 Å². The van der Waals surface area contributed by atoms with E-state index in [0.717, 1.165) is 37.9 Å². The highest BCUT2D eigenvalue weighted by Crippen LogP contribution is 2.25. The summed E-state index contributed by atoms with van der Waals surface area (Å²) in [6, 6.07) is 10.5. The maximum atomic E-state index is 5.28. The first kappa shape index (κ1) is 15.3. The molecule has 4 heteroatoms. The van der Waals surface area contributed by atoms with E-state index in [2.05, 4.69) is 40.5 Å². The molecular weight excluding hydrogens is 274 g/mol. The molecule has 2 aromatic rings. The molecule has 0 aliphatic carbocycles. The minimum absolute atomic E-state index is 0.726. The number of nitrogens with zero attached hydrogens (tertiary/aromatic N) is 3. The predicted octanol–water partition coefficient (Wildman–Crippen LogP) is 2.95. The lowest BCUT2D eigenvalue weighted by molar-refractivity contribution is 0.0969. The van der Waals surface area contributed by atoms with Crippen LogP contribution in [0.25, 0.3) is 11.3 Å². The number of methoxy groups -OCH3 is 1. The van der Waals surface area contributed by atoms with Crippen molar-refractivity contribution in [3.63, 3.8) is 0 Å². The Morgan fingerprint density at radius 2 is 1.91 bits per heavy atom. The fourth-order valence-electron chi connectivity index (χ4n) is 3.28. The first-order valence-electron chi connectivity index (χ1n) is 8.05. The molecule has 0 N–H and O–H groups in total. The number of ether oxygens (including phenoxy) is 1. The van der Waals surface area contributed by atoms with Gasteiger partial charge in [0.05, 0.1) is 5.69 Å². The van der Waals surface area contributed by atoms with Crippen LogP contribution in [0.1, 0.15) is 18.4 Å². The number of piperidine rings is 1. The molecule has 118 valence electrons. The highest BCUT2D eigenvalue weighted by molar-refractivity contribution is 5.62. The molecule has 1 fully saturated rings. The number of likely N-dealkylation sites (tertiary alicyclic amines) is 1. The van der Waals surface area contributed by atoms with E-state index in [9.17, 15) is 0 Å². The third-order valence-corrected chi connectivity index (χ3v) is 4.46. The summed E-state index contributed by atoms with van der Waals surface area (Å²) >= 11 is 0. The van der Waals surface area contributed by atoms with Crippen LogP contribution in [0.3, 0.4) is 0 Å². The molecule has 1 aromatic carbocycles. The Balaban J connectivity index is 1.69. The number of rotatable bonds is 5. The normalized spacial score (nSPS) is 17.0. The van der Waals surface area contributed by atoms with Crippen molar-refractivity contribution >= 4 is 0 Å². The molecule has 22 heavy (non-hydrogen) atoms. The van der Waals surface area contributed by atoms with Crippen molar-refractivity contribution in [3.8, 4) is 11.3 Å². The van der Waals surface area contributed by atoms with Gasteiger partial charge in [0, 0.05) is 44.6 Å². The molecule has 0 saturated carbocycles. The predicted molar refractivity (Wildman–Crippen MR) is 88.5 cm³/mol. The smallest absolute Gasteiger partial charge is 0.0968 e. The van der Waals surface area contributed by atoms with Crippen LogP contribution in [-0.4, -0.2) is 41.5 Å². The number of benzene rings is 1. The van der Waals surface area contributed by atoms with Gasteiger partial charge in [-0.3, -0.25) is 9.58 Å². The summed E-state index contributed by atoms with van der Waals surface area (Å²) in [7, 11) is 3.80. The molecule has 1 aliphatic heterocycles. The van der Waals surface area contributed by atoms with Crippen molar-refractivity contribution < 1.29 is 4.74 Å². The summed E-state index contributed by atoms with van der Waals surface area (Å²) < 4.78 is 7.21. The van der Waals surface area contributed by atoms with Crippen LogP contribution in [0.2, 0.25) is 0 Å². The molecule has 3 rings (SSSR count).